The highest BCUT2D eigenvalue weighted by molar-refractivity contribution is 7.92. The number of aliphatic hydroxyl groups excluding tert-OH is 1. The van der Waals surface area contributed by atoms with E-state index in [1.807, 2.05) is 6.92 Å². The second-order valence-corrected chi connectivity index (χ2v) is 13.7. The second kappa shape index (κ2) is 15.2. The number of hydrogen-bond donors (Lipinski definition) is 2. The molecule has 0 aromatic heterocycles. The van der Waals surface area contributed by atoms with Crippen LogP contribution in [0.5, 0.6) is 5.75 Å². The number of aliphatic hydroxyl groups is 1. The van der Waals surface area contributed by atoms with Crippen LogP contribution in [0.3, 0.4) is 0 Å². The molecule has 4 rings (SSSR count). The standard InChI is InChI=1S/C33H40F4N4O6S/c1-4-5-14-40(15-6-18-42)29(43)25-20-22(2)27(23(3)21-25)11-19-48(45,46)41-16-12-32(13-17-41)31(44)38-28(39-32)24-7-9-26(10-8-24)47-33(36,37)30(34)35/h7-11,19-21,30,42H,4-6,12-18H2,1-3H3,(H,38,39,44)/b19-11+. The molecular weight excluding hydrogens is 656 g/mol. The number of halogens is 4. The van der Waals surface area contributed by atoms with Crippen LogP contribution in [0.1, 0.15) is 71.6 Å². The number of alkyl halides is 4. The highest BCUT2D eigenvalue weighted by Crippen LogP contribution is 2.33. The zero-order valence-electron chi connectivity index (χ0n) is 27.0. The molecule has 48 heavy (non-hydrogen) atoms. The van der Waals surface area contributed by atoms with Crippen molar-refractivity contribution in [1.29, 1.82) is 0 Å². The van der Waals surface area contributed by atoms with Gasteiger partial charge < -0.3 is 20.1 Å². The number of amides is 2. The summed E-state index contributed by atoms with van der Waals surface area (Å²) in [7, 11) is -3.89. The lowest BCUT2D eigenvalue weighted by atomic mass is 9.89. The topological polar surface area (TPSA) is 129 Å². The summed E-state index contributed by atoms with van der Waals surface area (Å²) < 4.78 is 83.2. The number of carbonyl (C=O) groups is 2. The number of nitrogens with one attached hydrogen (secondary N) is 1. The van der Waals surface area contributed by atoms with Crippen molar-refractivity contribution in [1.82, 2.24) is 14.5 Å². The molecule has 10 nitrogen and oxygen atoms in total. The third-order valence-corrected chi connectivity index (χ3v) is 9.99. The van der Waals surface area contributed by atoms with Gasteiger partial charge in [0.2, 0.25) is 10.0 Å². The molecule has 2 N–H and O–H groups in total. The van der Waals surface area contributed by atoms with Crippen LogP contribution in [0.25, 0.3) is 6.08 Å². The first-order valence-corrected chi connectivity index (χ1v) is 17.2. The first-order valence-electron chi connectivity index (χ1n) is 15.7. The fourth-order valence-corrected chi connectivity index (χ4v) is 6.87. The minimum atomic E-state index is -4.66. The highest BCUT2D eigenvalue weighted by atomic mass is 32.2. The molecule has 0 aliphatic carbocycles. The third kappa shape index (κ3) is 8.42. The van der Waals surface area contributed by atoms with Gasteiger partial charge in [0, 0.05) is 49.3 Å². The number of hydrogen-bond acceptors (Lipinski definition) is 7. The van der Waals surface area contributed by atoms with Crippen LogP contribution in [0.2, 0.25) is 0 Å². The minimum absolute atomic E-state index is 0.0131. The SMILES string of the molecule is CCCCN(CCCO)C(=O)c1cc(C)c(/C=C/S(=O)(=O)N2CCC3(CC2)N=C(c2ccc(OC(F)(F)C(F)F)cc2)NC3=O)c(C)c1. The molecule has 0 saturated carbocycles. The molecule has 1 spiro atoms. The van der Waals surface area contributed by atoms with Gasteiger partial charge in [0.1, 0.15) is 17.1 Å². The number of piperidine rings is 1. The molecule has 262 valence electrons. The molecule has 2 aliphatic rings. The monoisotopic (exact) mass is 696 g/mol. The molecule has 2 amide bonds. The summed E-state index contributed by atoms with van der Waals surface area (Å²) in [6.45, 7) is 6.68. The number of nitrogens with zero attached hydrogens (tertiary/aromatic N) is 3. The highest BCUT2D eigenvalue weighted by Gasteiger charge is 2.47. The van der Waals surface area contributed by atoms with E-state index in [0.29, 0.717) is 36.2 Å². The first kappa shape index (κ1) is 37.0. The van der Waals surface area contributed by atoms with E-state index in [9.17, 15) is 40.7 Å². The van der Waals surface area contributed by atoms with Gasteiger partial charge in [0.05, 0.1) is 0 Å². The van der Waals surface area contributed by atoms with Crippen LogP contribution in [0, 0.1) is 13.8 Å². The molecular formula is C33H40F4N4O6S. The van der Waals surface area contributed by atoms with Crippen molar-refractivity contribution in [3.8, 4) is 5.75 Å². The number of carbonyl (C=O) groups excluding carboxylic acids is 2. The van der Waals surface area contributed by atoms with Crippen molar-refractivity contribution in [2.45, 2.75) is 70.9 Å². The average Bonchev–Trinajstić information content (AvgIpc) is 3.35. The summed E-state index contributed by atoms with van der Waals surface area (Å²) in [6, 6.07) is 8.18. The molecule has 2 heterocycles. The lowest BCUT2D eigenvalue weighted by molar-refractivity contribution is -0.253. The zero-order chi connectivity index (χ0) is 35.3. The Morgan fingerprint density at radius 1 is 1.12 bits per heavy atom. The molecule has 0 radical (unpaired) electrons. The zero-order valence-corrected chi connectivity index (χ0v) is 27.8. The Morgan fingerprint density at radius 2 is 1.73 bits per heavy atom. The molecule has 0 unspecified atom stereocenters. The summed E-state index contributed by atoms with van der Waals surface area (Å²) in [5.74, 6) is -0.914. The molecule has 0 bridgehead atoms. The number of benzene rings is 2. The maximum absolute atomic E-state index is 13.3. The molecule has 1 saturated heterocycles. The van der Waals surface area contributed by atoms with Crippen molar-refractivity contribution in [2.24, 2.45) is 4.99 Å². The summed E-state index contributed by atoms with van der Waals surface area (Å²) in [6.07, 6.45) is -4.74. The average molecular weight is 697 g/mol. The number of rotatable bonds is 14. The van der Waals surface area contributed by atoms with Crippen molar-refractivity contribution in [3.63, 3.8) is 0 Å². The lowest BCUT2D eigenvalue weighted by Crippen LogP contribution is -2.50. The number of aliphatic imine (C=N–C) groups is 1. The molecule has 2 aliphatic heterocycles. The lowest BCUT2D eigenvalue weighted by Gasteiger charge is -2.34. The van der Waals surface area contributed by atoms with Crippen molar-refractivity contribution in [3.05, 3.63) is 69.6 Å². The van der Waals surface area contributed by atoms with Crippen LogP contribution in [-0.2, 0) is 14.8 Å². The molecule has 2 aromatic rings. The Balaban J connectivity index is 1.43. The minimum Gasteiger partial charge on any atom is -0.428 e. The van der Waals surface area contributed by atoms with Crippen LogP contribution in [-0.4, -0.2) is 91.2 Å². The molecule has 15 heteroatoms. The van der Waals surface area contributed by atoms with Crippen molar-refractivity contribution in [2.75, 3.05) is 32.8 Å². The van der Waals surface area contributed by atoms with Gasteiger partial charge in [0.25, 0.3) is 11.8 Å². The van der Waals surface area contributed by atoms with E-state index >= 15 is 0 Å². The normalized spacial score (nSPS) is 16.9. The van der Waals surface area contributed by atoms with Gasteiger partial charge in [-0.3, -0.25) is 14.6 Å². The summed E-state index contributed by atoms with van der Waals surface area (Å²) in [5, 5.41) is 13.0. The fraction of sp³-hybridized carbons (Fsp3) is 0.485. The van der Waals surface area contributed by atoms with E-state index in [1.54, 1.807) is 30.9 Å². The van der Waals surface area contributed by atoms with E-state index in [0.717, 1.165) is 41.5 Å². The van der Waals surface area contributed by atoms with Gasteiger partial charge in [-0.1, -0.05) is 13.3 Å². The van der Waals surface area contributed by atoms with E-state index in [1.165, 1.54) is 22.5 Å². The van der Waals surface area contributed by atoms with Crippen LogP contribution < -0.4 is 10.1 Å². The van der Waals surface area contributed by atoms with E-state index in [-0.39, 0.29) is 44.3 Å². The molecule has 0 atom stereocenters. The summed E-state index contributed by atoms with van der Waals surface area (Å²) in [4.78, 5) is 32.5. The number of unbranched alkanes of at least 4 members (excludes halogenated alkanes) is 1. The van der Waals surface area contributed by atoms with Gasteiger partial charge >= 0.3 is 12.5 Å². The maximum Gasteiger partial charge on any atom is 0.461 e. The van der Waals surface area contributed by atoms with Crippen LogP contribution >= 0.6 is 0 Å². The quantitative estimate of drug-likeness (QED) is 0.271. The van der Waals surface area contributed by atoms with Gasteiger partial charge in [-0.2, -0.15) is 21.9 Å². The Bertz CT molecular complexity index is 1630. The fourth-order valence-electron chi connectivity index (χ4n) is 5.69. The Kier molecular flexibility index (Phi) is 11.7. The second-order valence-electron chi connectivity index (χ2n) is 11.9. The predicted octanol–water partition coefficient (Wildman–Crippen LogP) is 4.88. The predicted molar refractivity (Wildman–Crippen MR) is 173 cm³/mol. The summed E-state index contributed by atoms with van der Waals surface area (Å²) >= 11 is 0. The maximum atomic E-state index is 13.3. The largest absolute Gasteiger partial charge is 0.461 e. The van der Waals surface area contributed by atoms with Gasteiger partial charge in [-0.15, -0.1) is 0 Å². The van der Waals surface area contributed by atoms with E-state index in [4.69, 9.17) is 0 Å². The Labute approximate surface area is 277 Å². The number of ether oxygens (including phenoxy) is 1. The van der Waals surface area contributed by atoms with Crippen LogP contribution in [0.4, 0.5) is 17.6 Å². The van der Waals surface area contributed by atoms with Crippen molar-refractivity contribution >= 4 is 33.7 Å². The first-order chi connectivity index (χ1) is 22.6. The van der Waals surface area contributed by atoms with Gasteiger partial charge in [-0.05, 0) is 98.7 Å². The number of amidine groups is 1. The van der Waals surface area contributed by atoms with E-state index in [2.05, 4.69) is 15.0 Å². The third-order valence-electron chi connectivity index (χ3n) is 8.43. The Hall–Kier alpha value is -3.82. The van der Waals surface area contributed by atoms with Crippen molar-refractivity contribution < 1.29 is 45.4 Å². The van der Waals surface area contributed by atoms with Crippen LogP contribution in [0.15, 0.2) is 46.8 Å². The molecule has 2 aromatic carbocycles. The molecule has 1 fully saturated rings. The van der Waals surface area contributed by atoms with E-state index < -0.39 is 39.8 Å². The Morgan fingerprint density at radius 3 is 2.29 bits per heavy atom. The summed E-state index contributed by atoms with van der Waals surface area (Å²) in [5.41, 5.74) is 1.73. The number of sulfonamides is 1. The van der Waals surface area contributed by atoms with Gasteiger partial charge in [-0.25, -0.2) is 8.42 Å². The van der Waals surface area contributed by atoms with Gasteiger partial charge in [0.15, 0.2) is 0 Å². The number of aryl methyl sites for hydroxylation is 2. The smallest absolute Gasteiger partial charge is 0.428 e.